The number of rotatable bonds is 7. The molecule has 3 aliphatic rings. The van der Waals surface area contributed by atoms with Crippen LogP contribution in [0.1, 0.15) is 45.6 Å². The summed E-state index contributed by atoms with van der Waals surface area (Å²) in [6, 6.07) is 7.00. The number of carbonyl (C=O) groups is 1. The normalized spacial score (nSPS) is 27.2. The van der Waals surface area contributed by atoms with E-state index < -0.39 is 45.2 Å². The summed E-state index contributed by atoms with van der Waals surface area (Å²) in [6.07, 6.45) is 4.24. The minimum Gasteiger partial charge on any atom is -0.476 e. The zero-order valence-electron chi connectivity index (χ0n) is 28.3. The van der Waals surface area contributed by atoms with Crippen molar-refractivity contribution >= 4 is 28.4 Å². The van der Waals surface area contributed by atoms with Gasteiger partial charge in [0.25, 0.3) is 5.91 Å². The van der Waals surface area contributed by atoms with Crippen molar-refractivity contribution in [1.29, 1.82) is 0 Å². The molecule has 1 aliphatic carbocycles. The van der Waals surface area contributed by atoms with Crippen molar-refractivity contribution in [3.8, 4) is 5.88 Å². The molecule has 2 fully saturated rings. The predicted molar refractivity (Wildman–Crippen MR) is 141 cm³/mol. The Balaban J connectivity index is 1.23. The lowest BCUT2D eigenvalue weighted by molar-refractivity contribution is 0.0320. The van der Waals surface area contributed by atoms with Crippen LogP contribution in [0.2, 0.25) is 0 Å². The van der Waals surface area contributed by atoms with Crippen LogP contribution < -0.4 is 15.0 Å². The Labute approximate surface area is 227 Å². The zero-order valence-corrected chi connectivity index (χ0v) is 20.3. The Kier molecular flexibility index (Phi) is 4.95. The number of H-pyrrole nitrogens is 1. The van der Waals surface area contributed by atoms with Gasteiger partial charge in [0.05, 0.1) is 31.8 Å². The lowest BCUT2D eigenvalue weighted by atomic mass is 9.95. The van der Waals surface area contributed by atoms with Gasteiger partial charge in [0, 0.05) is 66.5 Å². The van der Waals surface area contributed by atoms with Crippen LogP contribution in [0, 0.1) is 0 Å². The van der Waals surface area contributed by atoms with E-state index in [2.05, 4.69) is 25.0 Å². The first-order chi connectivity index (χ1) is 21.2. The maximum Gasteiger partial charge on any atom is 0.274 e. The second-order valence-corrected chi connectivity index (χ2v) is 9.02. The summed E-state index contributed by atoms with van der Waals surface area (Å²) in [4.78, 5) is 28.1. The Morgan fingerprint density at radius 1 is 1.11 bits per heavy atom. The predicted octanol–water partition coefficient (Wildman–Crippen LogP) is 2.64. The van der Waals surface area contributed by atoms with E-state index in [1.807, 2.05) is 23.1 Å². The molecule has 0 unspecified atom stereocenters. The van der Waals surface area contributed by atoms with Crippen molar-refractivity contribution in [3.05, 3.63) is 41.2 Å². The van der Waals surface area contributed by atoms with Crippen molar-refractivity contribution in [2.75, 3.05) is 75.8 Å². The second-order valence-electron chi connectivity index (χ2n) is 9.02. The number of hydrogen-bond acceptors (Lipinski definition) is 8. The molecule has 10 nitrogen and oxygen atoms in total. The van der Waals surface area contributed by atoms with Crippen LogP contribution in [0.4, 0.5) is 11.6 Å². The van der Waals surface area contributed by atoms with Crippen LogP contribution in [-0.2, 0) is 22.3 Å². The van der Waals surface area contributed by atoms with Crippen molar-refractivity contribution < 1.29 is 30.0 Å². The molecule has 0 spiro atoms. The second kappa shape index (κ2) is 11.0. The van der Waals surface area contributed by atoms with E-state index in [0.717, 1.165) is 36.6 Å². The minimum absolute atomic E-state index is 0.00221. The summed E-state index contributed by atoms with van der Waals surface area (Å²) in [5.41, 5.74) is 4.12. The molecular formula is C27H34N6O4. The van der Waals surface area contributed by atoms with E-state index in [1.54, 1.807) is 0 Å². The topological polar surface area (TPSA) is 105 Å². The van der Waals surface area contributed by atoms with Crippen LogP contribution in [0.15, 0.2) is 24.3 Å². The summed E-state index contributed by atoms with van der Waals surface area (Å²) < 4.78 is 80.0. The number of nitrogens with zero attached hydrogens (tertiary/aromatic N) is 4. The van der Waals surface area contributed by atoms with Gasteiger partial charge in [0.2, 0.25) is 11.8 Å². The molecule has 2 N–H and O–H groups in total. The molecule has 0 bridgehead atoms. The van der Waals surface area contributed by atoms with E-state index in [4.69, 9.17) is 20.4 Å². The van der Waals surface area contributed by atoms with Crippen molar-refractivity contribution in [3.63, 3.8) is 0 Å². The average Bonchev–Trinajstić information content (AvgIpc) is 3.36. The molecule has 2 saturated heterocycles. The fourth-order valence-corrected chi connectivity index (χ4v) is 4.75. The van der Waals surface area contributed by atoms with Crippen LogP contribution >= 0.6 is 0 Å². The molecule has 37 heavy (non-hydrogen) atoms. The maximum atomic E-state index is 13.5. The number of aromatic nitrogens is 3. The average molecular weight is 515 g/mol. The molecule has 196 valence electrons. The Morgan fingerprint density at radius 3 is 2.81 bits per heavy atom. The van der Waals surface area contributed by atoms with Crippen LogP contribution in [0.25, 0.3) is 10.9 Å². The summed E-state index contributed by atoms with van der Waals surface area (Å²) in [7, 11) is 0. The summed E-state index contributed by atoms with van der Waals surface area (Å²) >= 11 is 0. The van der Waals surface area contributed by atoms with Gasteiger partial charge in [-0.25, -0.2) is 4.98 Å². The summed E-state index contributed by atoms with van der Waals surface area (Å²) in [6.45, 7) is -11.6. The van der Waals surface area contributed by atoms with Gasteiger partial charge in [-0.2, -0.15) is 4.98 Å². The van der Waals surface area contributed by atoms with E-state index in [1.165, 1.54) is 17.3 Å². The largest absolute Gasteiger partial charge is 0.476 e. The van der Waals surface area contributed by atoms with Crippen LogP contribution in [0.5, 0.6) is 5.88 Å². The number of aryl methyl sites for hydroxylation is 2. The number of hydrogen-bond donors (Lipinski definition) is 2. The third kappa shape index (κ3) is 5.56. The molecule has 0 radical (unpaired) electrons. The van der Waals surface area contributed by atoms with Gasteiger partial charge in [-0.15, -0.1) is 0 Å². The number of benzene rings is 1. The quantitative estimate of drug-likeness (QED) is 0.496. The van der Waals surface area contributed by atoms with Gasteiger partial charge in [-0.1, -0.05) is 0 Å². The van der Waals surface area contributed by atoms with Gasteiger partial charge < -0.3 is 29.4 Å². The highest BCUT2D eigenvalue weighted by atomic mass is 16.5. The zero-order chi connectivity index (χ0) is 32.2. The molecule has 3 aromatic rings. The number of carbonyl (C=O) groups excluding carboxylic acids is 1. The Bertz CT molecular complexity index is 1570. The van der Waals surface area contributed by atoms with Crippen LogP contribution in [-0.4, -0.2) is 91.3 Å². The SMILES string of the molecule is [2H]C1([2H])OC([2H])([2H])C([2H])([2H])N(CCOc2cc(C(=O)Nc3ccc4[nH]c5c(c4c3)CCCC5)nc(N3CCOCC3)n2)C1([2H])[2H]. The van der Waals surface area contributed by atoms with E-state index >= 15 is 0 Å². The number of ether oxygens (including phenoxy) is 3. The summed E-state index contributed by atoms with van der Waals surface area (Å²) in [5, 5.41) is 3.97. The first-order valence-electron chi connectivity index (χ1n) is 16.5. The fourth-order valence-electron chi connectivity index (χ4n) is 4.75. The number of amides is 1. The lowest BCUT2D eigenvalue weighted by Gasteiger charge is -2.27. The van der Waals surface area contributed by atoms with Gasteiger partial charge in [0.15, 0.2) is 0 Å². The number of morpholine rings is 2. The van der Waals surface area contributed by atoms with Gasteiger partial charge in [-0.05, 0) is 49.4 Å². The Hall–Kier alpha value is -3.21. The monoisotopic (exact) mass is 514 g/mol. The van der Waals surface area contributed by atoms with E-state index in [0.29, 0.717) is 36.9 Å². The smallest absolute Gasteiger partial charge is 0.274 e. The highest BCUT2D eigenvalue weighted by Gasteiger charge is 2.21. The van der Waals surface area contributed by atoms with Gasteiger partial charge >= 0.3 is 0 Å². The third-order valence-corrected chi connectivity index (χ3v) is 6.60. The van der Waals surface area contributed by atoms with Gasteiger partial charge in [-0.3, -0.25) is 9.69 Å². The number of fused-ring (bicyclic) bond motifs is 3. The third-order valence-electron chi connectivity index (χ3n) is 6.60. The number of anilines is 2. The summed E-state index contributed by atoms with van der Waals surface area (Å²) in [5.74, 6) is -0.351. The Morgan fingerprint density at radius 2 is 1.95 bits per heavy atom. The number of nitrogens with one attached hydrogen (secondary N) is 2. The molecule has 0 saturated carbocycles. The van der Waals surface area contributed by atoms with Crippen molar-refractivity contribution in [1.82, 2.24) is 19.9 Å². The highest BCUT2D eigenvalue weighted by molar-refractivity contribution is 6.04. The minimum atomic E-state index is -3.16. The fraction of sp³-hybridized carbons (Fsp3) is 0.519. The molecule has 1 amide bonds. The molecule has 2 aromatic heterocycles. The molecule has 4 heterocycles. The molecular weight excluding hydrogens is 472 g/mol. The van der Waals surface area contributed by atoms with Gasteiger partial charge in [0.1, 0.15) is 12.3 Å². The van der Waals surface area contributed by atoms with E-state index in [-0.39, 0.29) is 17.5 Å². The molecule has 1 aromatic carbocycles. The van der Waals surface area contributed by atoms with Crippen molar-refractivity contribution in [2.45, 2.75) is 25.7 Å². The highest BCUT2D eigenvalue weighted by Crippen LogP contribution is 2.31. The maximum absolute atomic E-state index is 13.5. The molecule has 2 aliphatic heterocycles. The molecule has 10 heteroatoms. The van der Waals surface area contributed by atoms with E-state index in [9.17, 15) is 4.79 Å². The number of aromatic amines is 1. The van der Waals surface area contributed by atoms with Crippen molar-refractivity contribution in [2.24, 2.45) is 0 Å². The molecule has 0 atom stereocenters. The standard InChI is InChI=1S/C27H34N6O4/c34-26(28-19-5-6-23-21(17-19)20-3-1-2-4-22(20)29-23)24-18-25(37-16-9-32-7-12-35-13-8-32)31-27(30-24)33-10-14-36-15-11-33/h5-6,17-18,29H,1-4,7-16H2,(H,28,34)/i7D2,8D2,12D2,13D2. The first kappa shape index (κ1) is 16.6. The lowest BCUT2D eigenvalue weighted by Crippen LogP contribution is -2.39. The molecule has 6 rings (SSSR count). The van der Waals surface area contributed by atoms with Crippen LogP contribution in [0.3, 0.4) is 0 Å². The first-order valence-corrected chi connectivity index (χ1v) is 12.5.